The van der Waals surface area contributed by atoms with E-state index in [2.05, 4.69) is 9.73 Å². The fourth-order valence-electron chi connectivity index (χ4n) is 2.62. The molecule has 0 aromatic heterocycles. The Kier molecular flexibility index (Phi) is 5.90. The standard InChI is InChI=1S/C19H14F2N2O7/c1-27-15-8-11(14(23(25)26)9-16(15)28-2)7-13-18(24)30-17(22-13)10-3-5-12(6-4-10)29-19(20)21/h3-9,19H,1-2H3/b13-7-. The maximum absolute atomic E-state index is 12.2. The third-order valence-electron chi connectivity index (χ3n) is 3.97. The second-order valence-electron chi connectivity index (χ2n) is 5.76. The molecule has 2 aromatic carbocycles. The first kappa shape index (κ1) is 20.7. The first-order chi connectivity index (χ1) is 14.3. The number of esters is 1. The van der Waals surface area contributed by atoms with Crippen LogP contribution >= 0.6 is 0 Å². The number of nitro groups is 1. The van der Waals surface area contributed by atoms with E-state index in [-0.39, 0.29) is 40.1 Å². The summed E-state index contributed by atoms with van der Waals surface area (Å²) < 4.78 is 44.0. The van der Waals surface area contributed by atoms with E-state index in [4.69, 9.17) is 14.2 Å². The first-order valence-corrected chi connectivity index (χ1v) is 8.30. The van der Waals surface area contributed by atoms with Crippen LogP contribution in [-0.4, -0.2) is 37.6 Å². The molecule has 0 radical (unpaired) electrons. The minimum atomic E-state index is -2.97. The molecule has 0 amide bonds. The number of cyclic esters (lactones) is 1. The molecule has 3 rings (SSSR count). The molecular weight excluding hydrogens is 406 g/mol. The Hall–Kier alpha value is -4.02. The Bertz CT molecular complexity index is 1050. The van der Waals surface area contributed by atoms with Crippen LogP contribution in [0.3, 0.4) is 0 Å². The summed E-state index contributed by atoms with van der Waals surface area (Å²) in [7, 11) is 2.70. The molecule has 0 saturated heterocycles. The van der Waals surface area contributed by atoms with Gasteiger partial charge < -0.3 is 18.9 Å². The van der Waals surface area contributed by atoms with Gasteiger partial charge >= 0.3 is 12.6 Å². The van der Waals surface area contributed by atoms with Gasteiger partial charge in [-0.15, -0.1) is 0 Å². The van der Waals surface area contributed by atoms with Crippen molar-refractivity contribution in [2.24, 2.45) is 4.99 Å². The highest BCUT2D eigenvalue weighted by atomic mass is 19.3. The highest BCUT2D eigenvalue weighted by Crippen LogP contribution is 2.36. The fraction of sp³-hybridized carbons (Fsp3) is 0.158. The maximum Gasteiger partial charge on any atom is 0.387 e. The van der Waals surface area contributed by atoms with Crippen LogP contribution < -0.4 is 14.2 Å². The highest BCUT2D eigenvalue weighted by molar-refractivity contribution is 6.13. The SMILES string of the molecule is COc1cc(/C=C2\N=C(c3ccc(OC(F)F)cc3)OC2=O)c([N+](=O)[O-])cc1OC. The molecule has 9 nitrogen and oxygen atoms in total. The normalized spacial score (nSPS) is 14.5. The number of benzene rings is 2. The van der Waals surface area contributed by atoms with Crippen molar-refractivity contribution >= 4 is 23.6 Å². The van der Waals surface area contributed by atoms with Gasteiger partial charge in [-0.25, -0.2) is 9.79 Å². The number of methoxy groups -OCH3 is 2. The molecule has 1 aliphatic heterocycles. The van der Waals surface area contributed by atoms with E-state index in [9.17, 15) is 23.7 Å². The lowest BCUT2D eigenvalue weighted by Gasteiger charge is -2.08. The van der Waals surface area contributed by atoms with E-state index >= 15 is 0 Å². The third kappa shape index (κ3) is 4.35. The molecule has 156 valence electrons. The van der Waals surface area contributed by atoms with Crippen molar-refractivity contribution in [3.8, 4) is 17.2 Å². The summed E-state index contributed by atoms with van der Waals surface area (Å²) in [5.74, 6) is -0.619. The number of nitrogens with zero attached hydrogens (tertiary/aromatic N) is 2. The van der Waals surface area contributed by atoms with Crippen LogP contribution in [0.4, 0.5) is 14.5 Å². The summed E-state index contributed by atoms with van der Waals surface area (Å²) in [4.78, 5) is 27.0. The summed E-state index contributed by atoms with van der Waals surface area (Å²) >= 11 is 0. The molecule has 0 saturated carbocycles. The van der Waals surface area contributed by atoms with Crippen LogP contribution in [0, 0.1) is 10.1 Å². The summed E-state index contributed by atoms with van der Waals surface area (Å²) in [5, 5.41) is 11.4. The van der Waals surface area contributed by atoms with E-state index in [0.717, 1.165) is 6.07 Å². The number of nitro benzene ring substituents is 1. The number of carbonyl (C=O) groups is 1. The Morgan fingerprint density at radius 2 is 1.77 bits per heavy atom. The number of ether oxygens (including phenoxy) is 4. The molecule has 0 aliphatic carbocycles. The Morgan fingerprint density at radius 1 is 1.13 bits per heavy atom. The largest absolute Gasteiger partial charge is 0.493 e. The zero-order valence-corrected chi connectivity index (χ0v) is 15.6. The van der Waals surface area contributed by atoms with Crippen LogP contribution in [-0.2, 0) is 9.53 Å². The topological polar surface area (TPSA) is 109 Å². The van der Waals surface area contributed by atoms with Crippen LogP contribution in [0.2, 0.25) is 0 Å². The lowest BCUT2D eigenvalue weighted by molar-refractivity contribution is -0.385. The Morgan fingerprint density at radius 3 is 2.33 bits per heavy atom. The van der Waals surface area contributed by atoms with Crippen molar-refractivity contribution < 1.29 is 37.4 Å². The molecule has 1 aliphatic rings. The Balaban J connectivity index is 1.97. The van der Waals surface area contributed by atoms with Gasteiger partial charge in [-0.1, -0.05) is 0 Å². The van der Waals surface area contributed by atoms with Crippen molar-refractivity contribution in [3.63, 3.8) is 0 Å². The third-order valence-corrected chi connectivity index (χ3v) is 3.97. The van der Waals surface area contributed by atoms with E-state index in [0.29, 0.717) is 5.56 Å². The molecule has 2 aromatic rings. The Labute approximate surface area is 168 Å². The van der Waals surface area contributed by atoms with Gasteiger partial charge in [0.1, 0.15) is 5.75 Å². The average molecular weight is 420 g/mol. The van der Waals surface area contributed by atoms with Gasteiger partial charge in [-0.3, -0.25) is 10.1 Å². The van der Waals surface area contributed by atoms with Gasteiger partial charge in [0, 0.05) is 5.56 Å². The van der Waals surface area contributed by atoms with Gasteiger partial charge in [0.2, 0.25) is 5.90 Å². The summed E-state index contributed by atoms with van der Waals surface area (Å²) in [5.41, 5.74) is -0.135. The van der Waals surface area contributed by atoms with Gasteiger partial charge in [0.05, 0.1) is 30.8 Å². The summed E-state index contributed by atoms with van der Waals surface area (Å²) in [6.45, 7) is -2.97. The smallest absolute Gasteiger partial charge is 0.387 e. The first-order valence-electron chi connectivity index (χ1n) is 8.30. The second kappa shape index (κ2) is 8.55. The predicted molar refractivity (Wildman–Crippen MR) is 99.9 cm³/mol. The van der Waals surface area contributed by atoms with Gasteiger partial charge in [-0.05, 0) is 36.4 Å². The average Bonchev–Trinajstić information content (AvgIpc) is 3.07. The van der Waals surface area contributed by atoms with Crippen molar-refractivity contribution in [1.82, 2.24) is 0 Å². The number of alkyl halides is 2. The maximum atomic E-state index is 12.2. The number of rotatable bonds is 7. The monoisotopic (exact) mass is 420 g/mol. The van der Waals surface area contributed by atoms with Crippen molar-refractivity contribution in [2.75, 3.05) is 14.2 Å². The van der Waals surface area contributed by atoms with E-state index in [1.807, 2.05) is 0 Å². The van der Waals surface area contributed by atoms with Crippen molar-refractivity contribution in [2.45, 2.75) is 6.61 Å². The van der Waals surface area contributed by atoms with E-state index in [1.165, 1.54) is 50.6 Å². The van der Waals surface area contributed by atoms with Gasteiger partial charge in [0.25, 0.3) is 5.69 Å². The molecule has 11 heteroatoms. The van der Waals surface area contributed by atoms with Gasteiger partial charge in [0.15, 0.2) is 17.2 Å². The lowest BCUT2D eigenvalue weighted by atomic mass is 10.1. The van der Waals surface area contributed by atoms with Crippen LogP contribution in [0.1, 0.15) is 11.1 Å². The second-order valence-corrected chi connectivity index (χ2v) is 5.76. The predicted octanol–water partition coefficient (Wildman–Crippen LogP) is 3.56. The molecule has 0 spiro atoms. The van der Waals surface area contributed by atoms with Crippen LogP contribution in [0.15, 0.2) is 47.1 Å². The fourth-order valence-corrected chi connectivity index (χ4v) is 2.62. The molecule has 0 bridgehead atoms. The molecule has 0 N–H and O–H groups in total. The minimum absolute atomic E-state index is 0.0512. The summed E-state index contributed by atoms with van der Waals surface area (Å²) in [6.07, 6.45) is 1.18. The number of aliphatic imine (C=N–C) groups is 1. The number of halogens is 2. The van der Waals surface area contributed by atoms with E-state index < -0.39 is 17.5 Å². The van der Waals surface area contributed by atoms with Crippen LogP contribution in [0.5, 0.6) is 17.2 Å². The van der Waals surface area contributed by atoms with Crippen LogP contribution in [0.25, 0.3) is 6.08 Å². The van der Waals surface area contributed by atoms with Crippen molar-refractivity contribution in [3.05, 3.63) is 63.3 Å². The molecular formula is C19H14F2N2O7. The van der Waals surface area contributed by atoms with E-state index in [1.54, 1.807) is 0 Å². The number of carbonyl (C=O) groups excluding carboxylic acids is 1. The summed E-state index contributed by atoms with van der Waals surface area (Å²) in [6, 6.07) is 7.79. The lowest BCUT2D eigenvalue weighted by Crippen LogP contribution is -2.06. The zero-order chi connectivity index (χ0) is 21.8. The number of hydrogen-bond donors (Lipinski definition) is 0. The zero-order valence-electron chi connectivity index (χ0n) is 15.6. The van der Waals surface area contributed by atoms with Gasteiger partial charge in [-0.2, -0.15) is 8.78 Å². The molecule has 0 unspecified atom stereocenters. The quantitative estimate of drug-likeness (QED) is 0.292. The van der Waals surface area contributed by atoms with Crippen molar-refractivity contribution in [1.29, 1.82) is 0 Å². The molecule has 0 fully saturated rings. The molecule has 1 heterocycles. The minimum Gasteiger partial charge on any atom is -0.493 e. The highest BCUT2D eigenvalue weighted by Gasteiger charge is 2.26. The molecule has 30 heavy (non-hydrogen) atoms. The molecule has 0 atom stereocenters. The number of hydrogen-bond acceptors (Lipinski definition) is 8.